The van der Waals surface area contributed by atoms with Gasteiger partial charge < -0.3 is 0 Å². The molecule has 19 heavy (non-hydrogen) atoms. The van der Waals surface area contributed by atoms with Crippen molar-refractivity contribution in [2.75, 3.05) is 0 Å². The van der Waals surface area contributed by atoms with E-state index < -0.39 is 4.92 Å². The van der Waals surface area contributed by atoms with Crippen molar-refractivity contribution < 1.29 is 9.72 Å². The van der Waals surface area contributed by atoms with Crippen LogP contribution in [0.25, 0.3) is 10.6 Å². The molecule has 6 heteroatoms. The Morgan fingerprint density at radius 3 is 2.79 bits per heavy atom. The summed E-state index contributed by atoms with van der Waals surface area (Å²) in [5, 5.41) is 11.6. The molecule has 2 aromatic rings. The van der Waals surface area contributed by atoms with Gasteiger partial charge in [-0.05, 0) is 18.9 Å². The maximum absolute atomic E-state index is 11.8. The summed E-state index contributed by atoms with van der Waals surface area (Å²) in [4.78, 5) is 27.5. The van der Waals surface area contributed by atoms with Gasteiger partial charge in [-0.25, -0.2) is 4.98 Å². The van der Waals surface area contributed by atoms with E-state index in [9.17, 15) is 14.9 Å². The first-order chi connectivity index (χ1) is 9.16. The van der Waals surface area contributed by atoms with Crippen molar-refractivity contribution in [3.63, 3.8) is 0 Å². The highest BCUT2D eigenvalue weighted by atomic mass is 32.1. The summed E-state index contributed by atoms with van der Waals surface area (Å²) in [6, 6.07) is 6.50. The molecule has 0 saturated carbocycles. The summed E-state index contributed by atoms with van der Waals surface area (Å²) in [7, 11) is 0. The van der Waals surface area contributed by atoms with Crippen LogP contribution in [0.1, 0.15) is 28.2 Å². The number of thiazole rings is 1. The molecular formula is C13H10N2O3S. The van der Waals surface area contributed by atoms with Crippen LogP contribution in [0, 0.1) is 10.1 Å². The monoisotopic (exact) mass is 274 g/mol. The summed E-state index contributed by atoms with van der Waals surface area (Å²) in [6.45, 7) is 0. The Bertz CT molecular complexity index is 678. The first-order valence-corrected chi connectivity index (χ1v) is 6.75. The summed E-state index contributed by atoms with van der Waals surface area (Å²) in [6.07, 6.45) is 2.13. The highest BCUT2D eigenvalue weighted by molar-refractivity contribution is 7.17. The van der Waals surface area contributed by atoms with E-state index in [1.807, 2.05) is 0 Å². The van der Waals surface area contributed by atoms with Crippen molar-refractivity contribution in [2.45, 2.75) is 19.3 Å². The second kappa shape index (κ2) is 4.55. The minimum absolute atomic E-state index is 0.0287. The van der Waals surface area contributed by atoms with Gasteiger partial charge in [-0.15, -0.1) is 11.3 Å². The largest absolute Gasteiger partial charge is 0.293 e. The van der Waals surface area contributed by atoms with Crippen LogP contribution in [0.2, 0.25) is 0 Å². The van der Waals surface area contributed by atoms with Crippen LogP contribution < -0.4 is 0 Å². The molecule has 1 aliphatic rings. The molecule has 0 bridgehead atoms. The van der Waals surface area contributed by atoms with Crippen molar-refractivity contribution in [2.24, 2.45) is 0 Å². The molecule has 0 fully saturated rings. The number of rotatable bonds is 2. The van der Waals surface area contributed by atoms with E-state index in [1.165, 1.54) is 17.4 Å². The number of aryl methyl sites for hydroxylation is 1. The standard InChI is InChI=1S/C13H10N2O3S/c16-11-7-3-5-9-12(11)19-13(14-9)8-4-1-2-6-10(8)15(17)18/h1-2,4,6H,3,5,7H2. The Morgan fingerprint density at radius 2 is 2.05 bits per heavy atom. The van der Waals surface area contributed by atoms with Gasteiger partial charge in [-0.1, -0.05) is 12.1 Å². The molecule has 1 aromatic heterocycles. The van der Waals surface area contributed by atoms with Crippen molar-refractivity contribution >= 4 is 22.8 Å². The molecule has 0 atom stereocenters. The van der Waals surface area contributed by atoms with E-state index >= 15 is 0 Å². The number of nitro groups is 1. The zero-order chi connectivity index (χ0) is 13.4. The molecule has 0 radical (unpaired) electrons. The lowest BCUT2D eigenvalue weighted by atomic mass is 10.0. The van der Waals surface area contributed by atoms with E-state index in [4.69, 9.17) is 0 Å². The molecular weight excluding hydrogens is 264 g/mol. The van der Waals surface area contributed by atoms with Gasteiger partial charge in [0.2, 0.25) is 0 Å². The van der Waals surface area contributed by atoms with E-state index in [0.717, 1.165) is 18.5 Å². The molecule has 1 heterocycles. The fraction of sp³-hybridized carbons (Fsp3) is 0.231. The molecule has 0 N–H and O–H groups in total. The zero-order valence-corrected chi connectivity index (χ0v) is 10.8. The normalized spacial score (nSPS) is 14.2. The number of nitro benzene ring substituents is 1. The van der Waals surface area contributed by atoms with Crippen molar-refractivity contribution in [1.82, 2.24) is 4.98 Å². The summed E-state index contributed by atoms with van der Waals surface area (Å²) >= 11 is 1.26. The fourth-order valence-corrected chi connectivity index (χ4v) is 3.31. The number of aromatic nitrogens is 1. The minimum atomic E-state index is -0.419. The van der Waals surface area contributed by atoms with Crippen LogP contribution in [0.4, 0.5) is 5.69 Å². The molecule has 0 saturated heterocycles. The van der Waals surface area contributed by atoms with Gasteiger partial charge >= 0.3 is 0 Å². The number of benzene rings is 1. The summed E-state index contributed by atoms with van der Waals surface area (Å²) in [5.74, 6) is 0.101. The van der Waals surface area contributed by atoms with Gasteiger partial charge in [0.05, 0.1) is 21.1 Å². The number of carbonyl (C=O) groups is 1. The lowest BCUT2D eigenvalue weighted by Gasteiger charge is -2.06. The highest BCUT2D eigenvalue weighted by Gasteiger charge is 2.25. The topological polar surface area (TPSA) is 73.1 Å². The average molecular weight is 274 g/mol. The van der Waals surface area contributed by atoms with E-state index in [0.29, 0.717) is 21.9 Å². The lowest BCUT2D eigenvalue weighted by Crippen LogP contribution is -2.07. The molecule has 0 amide bonds. The third-order valence-corrected chi connectivity index (χ3v) is 4.27. The molecule has 0 aliphatic heterocycles. The number of hydrogen-bond donors (Lipinski definition) is 0. The Kier molecular flexibility index (Phi) is 2.87. The highest BCUT2D eigenvalue weighted by Crippen LogP contribution is 2.36. The quantitative estimate of drug-likeness (QED) is 0.622. The van der Waals surface area contributed by atoms with Crippen LogP contribution in [0.15, 0.2) is 24.3 Å². The Labute approximate surface area is 113 Å². The van der Waals surface area contributed by atoms with E-state index in [1.54, 1.807) is 18.2 Å². The van der Waals surface area contributed by atoms with Gasteiger partial charge in [0.25, 0.3) is 5.69 Å². The van der Waals surface area contributed by atoms with Gasteiger partial charge in [-0.2, -0.15) is 0 Å². The van der Waals surface area contributed by atoms with E-state index in [-0.39, 0.29) is 11.5 Å². The number of nitrogens with zero attached hydrogens (tertiary/aromatic N) is 2. The molecule has 1 aliphatic carbocycles. The summed E-state index contributed by atoms with van der Waals surface area (Å²) in [5.41, 5.74) is 1.30. The van der Waals surface area contributed by atoms with Crippen molar-refractivity contribution in [3.8, 4) is 10.6 Å². The fourth-order valence-electron chi connectivity index (χ4n) is 2.20. The number of Topliss-reactive ketones (excluding diaryl/α,β-unsaturated/α-hetero) is 1. The first-order valence-electron chi connectivity index (χ1n) is 5.93. The van der Waals surface area contributed by atoms with Crippen LogP contribution >= 0.6 is 11.3 Å². The zero-order valence-electron chi connectivity index (χ0n) is 9.96. The third kappa shape index (κ3) is 2.04. The molecule has 1 aromatic carbocycles. The van der Waals surface area contributed by atoms with Gasteiger partial charge in [0.15, 0.2) is 5.78 Å². The predicted octanol–water partition coefficient (Wildman–Crippen LogP) is 3.24. The van der Waals surface area contributed by atoms with Crippen molar-refractivity contribution in [1.29, 1.82) is 0 Å². The van der Waals surface area contributed by atoms with Crippen LogP contribution in [-0.4, -0.2) is 15.7 Å². The number of fused-ring (bicyclic) bond motifs is 1. The van der Waals surface area contributed by atoms with Gasteiger partial charge in [0, 0.05) is 12.5 Å². The van der Waals surface area contributed by atoms with Crippen molar-refractivity contribution in [3.05, 3.63) is 45.0 Å². The Hall–Kier alpha value is -2.08. The molecule has 96 valence electrons. The molecule has 5 nitrogen and oxygen atoms in total. The maximum Gasteiger partial charge on any atom is 0.279 e. The summed E-state index contributed by atoms with van der Waals surface area (Å²) < 4.78 is 0. The van der Waals surface area contributed by atoms with Gasteiger partial charge in [0.1, 0.15) is 5.01 Å². The van der Waals surface area contributed by atoms with Crippen LogP contribution in [0.5, 0.6) is 0 Å². The Balaban J connectivity index is 2.13. The number of para-hydroxylation sites is 1. The number of ketones is 1. The second-order valence-corrected chi connectivity index (χ2v) is 5.34. The molecule has 0 unspecified atom stereocenters. The molecule has 3 rings (SSSR count). The minimum Gasteiger partial charge on any atom is -0.293 e. The smallest absolute Gasteiger partial charge is 0.279 e. The SMILES string of the molecule is O=C1CCCc2nc(-c3ccccc3[N+](=O)[O-])sc21. The maximum atomic E-state index is 11.8. The third-order valence-electron chi connectivity index (χ3n) is 3.10. The predicted molar refractivity (Wildman–Crippen MR) is 71.5 cm³/mol. The van der Waals surface area contributed by atoms with Crippen LogP contribution in [-0.2, 0) is 6.42 Å². The van der Waals surface area contributed by atoms with Gasteiger partial charge in [-0.3, -0.25) is 14.9 Å². The Morgan fingerprint density at radius 1 is 1.26 bits per heavy atom. The second-order valence-electron chi connectivity index (χ2n) is 4.35. The molecule has 0 spiro atoms. The number of carbonyl (C=O) groups excluding carboxylic acids is 1. The average Bonchev–Trinajstić information content (AvgIpc) is 2.84. The number of hydrogen-bond acceptors (Lipinski definition) is 5. The van der Waals surface area contributed by atoms with Crippen LogP contribution in [0.3, 0.4) is 0 Å². The first kappa shape index (κ1) is 12.0. The lowest BCUT2D eigenvalue weighted by molar-refractivity contribution is -0.384. The van der Waals surface area contributed by atoms with E-state index in [2.05, 4.69) is 4.98 Å².